The fraction of sp³-hybridized carbons (Fsp3) is 0.429. The number of hydrogen-bond acceptors (Lipinski definition) is 7. The lowest BCUT2D eigenvalue weighted by atomic mass is 10.1. The summed E-state index contributed by atoms with van der Waals surface area (Å²) in [4.78, 5) is 30.0. The summed E-state index contributed by atoms with van der Waals surface area (Å²) in [7, 11) is 5.29. The zero-order valence-electron chi connectivity index (χ0n) is 23.5. The lowest BCUT2D eigenvalue weighted by Crippen LogP contribution is -2.50. The van der Waals surface area contributed by atoms with Gasteiger partial charge >= 0.3 is 6.09 Å². The summed E-state index contributed by atoms with van der Waals surface area (Å²) < 4.78 is 14.6. The Balaban J connectivity index is 1.40. The Bertz CT molecular complexity index is 1570. The van der Waals surface area contributed by atoms with Crippen LogP contribution < -0.4 is 15.0 Å². The van der Waals surface area contributed by atoms with Gasteiger partial charge in [-0.3, -0.25) is 14.2 Å². The number of nitrogens with one attached hydrogen (secondary N) is 1. The maximum Gasteiger partial charge on any atom is 0.410 e. The number of hydrogen-bond donors (Lipinski definition) is 1. The lowest BCUT2D eigenvalue weighted by molar-refractivity contribution is 0.0240. The largest absolute Gasteiger partial charge is 0.494 e. The highest BCUT2D eigenvalue weighted by Crippen LogP contribution is 2.36. The van der Waals surface area contributed by atoms with Gasteiger partial charge in [0.25, 0.3) is 5.91 Å². The normalized spacial score (nSPS) is 14.2. The van der Waals surface area contributed by atoms with Crippen LogP contribution >= 0.6 is 0 Å². The van der Waals surface area contributed by atoms with E-state index in [1.165, 1.54) is 0 Å². The molecule has 1 aliphatic rings. The van der Waals surface area contributed by atoms with Gasteiger partial charge in [0, 0.05) is 74.7 Å². The third-order valence-corrected chi connectivity index (χ3v) is 6.83. The first kappa shape index (κ1) is 26.3. The van der Waals surface area contributed by atoms with Crippen molar-refractivity contribution in [2.75, 3.05) is 43.5 Å². The summed E-state index contributed by atoms with van der Waals surface area (Å²) in [6.45, 7) is 9.93. The highest BCUT2D eigenvalue weighted by atomic mass is 16.6. The van der Waals surface area contributed by atoms with Crippen molar-refractivity contribution in [1.82, 2.24) is 24.5 Å². The molecule has 0 unspecified atom stereocenters. The highest BCUT2D eigenvalue weighted by molar-refractivity contribution is 6.14. The summed E-state index contributed by atoms with van der Waals surface area (Å²) in [5, 5.41) is 14.0. The molecule has 0 radical (unpaired) electrons. The number of aromatic nitrogens is 4. The van der Waals surface area contributed by atoms with E-state index in [4.69, 9.17) is 9.47 Å². The Morgan fingerprint density at radius 3 is 2.31 bits per heavy atom. The second-order valence-electron chi connectivity index (χ2n) is 10.9. The predicted octanol–water partition coefficient (Wildman–Crippen LogP) is 4.09. The zero-order chi connectivity index (χ0) is 28.1. The van der Waals surface area contributed by atoms with E-state index in [9.17, 15) is 9.59 Å². The number of rotatable bonds is 4. The zero-order valence-corrected chi connectivity index (χ0v) is 23.5. The summed E-state index contributed by atoms with van der Waals surface area (Å²) in [6, 6.07) is 5.64. The molecule has 1 saturated heterocycles. The van der Waals surface area contributed by atoms with Gasteiger partial charge in [-0.1, -0.05) is 0 Å². The third kappa shape index (κ3) is 5.08. The topological polar surface area (TPSA) is 107 Å². The summed E-state index contributed by atoms with van der Waals surface area (Å²) in [5.74, 6) is 0.298. The number of piperazine rings is 1. The average molecular weight is 534 g/mol. The second-order valence-corrected chi connectivity index (χ2v) is 10.9. The third-order valence-electron chi connectivity index (χ3n) is 6.83. The number of ether oxygens (including phenoxy) is 2. The second kappa shape index (κ2) is 9.79. The molecule has 0 bridgehead atoms. The lowest BCUT2D eigenvalue weighted by Gasteiger charge is -2.37. The Kier molecular flexibility index (Phi) is 6.61. The van der Waals surface area contributed by atoms with E-state index in [-0.39, 0.29) is 12.0 Å². The van der Waals surface area contributed by atoms with E-state index in [0.29, 0.717) is 48.7 Å². The van der Waals surface area contributed by atoms with Gasteiger partial charge in [0.2, 0.25) is 0 Å². The Hall–Kier alpha value is -4.28. The molecular weight excluding hydrogens is 498 g/mol. The van der Waals surface area contributed by atoms with Gasteiger partial charge < -0.3 is 24.6 Å². The molecule has 0 saturated carbocycles. The molecule has 206 valence electrons. The van der Waals surface area contributed by atoms with E-state index in [1.807, 2.05) is 72.4 Å². The molecule has 2 aromatic heterocycles. The van der Waals surface area contributed by atoms with Crippen molar-refractivity contribution in [2.45, 2.75) is 33.3 Å². The van der Waals surface area contributed by atoms with Gasteiger partial charge in [0.05, 0.1) is 23.9 Å². The van der Waals surface area contributed by atoms with Crippen LogP contribution in [0, 0.1) is 6.92 Å². The molecule has 0 aliphatic carbocycles. The fourth-order valence-corrected chi connectivity index (χ4v) is 5.10. The van der Waals surface area contributed by atoms with E-state index >= 15 is 0 Å². The van der Waals surface area contributed by atoms with Crippen molar-refractivity contribution in [1.29, 1.82) is 0 Å². The molecule has 11 nitrogen and oxygen atoms in total. The molecule has 1 aliphatic heterocycles. The monoisotopic (exact) mass is 533 g/mol. The number of anilines is 2. The standard InChI is InChI=1S/C28H35N7O4/c1-17-23-18(15-32(5)30-23)14-21(25(17)38-7)29-26(36)19-8-9-22(20-16-33(6)31-24(19)20)34-10-12-35(13-11-34)27(37)39-28(2,3)4/h8-9,14-16H,10-13H2,1-7H3,(H,29,36). The molecule has 1 fully saturated rings. The summed E-state index contributed by atoms with van der Waals surface area (Å²) in [6.07, 6.45) is 3.54. The SMILES string of the molecule is COc1c(NC(=O)c2ccc(N3CCN(C(=O)OC(C)(C)C)CC3)c3cn(C)nc23)cc2cn(C)nc2c1C. The van der Waals surface area contributed by atoms with Crippen molar-refractivity contribution in [3.63, 3.8) is 0 Å². The molecule has 4 aromatic rings. The molecule has 2 aromatic carbocycles. The van der Waals surface area contributed by atoms with Gasteiger partial charge in [0.1, 0.15) is 16.9 Å². The maximum absolute atomic E-state index is 13.6. The van der Waals surface area contributed by atoms with Crippen molar-refractivity contribution >= 4 is 45.2 Å². The van der Waals surface area contributed by atoms with E-state index in [1.54, 1.807) is 21.4 Å². The van der Waals surface area contributed by atoms with Gasteiger partial charge in [-0.2, -0.15) is 10.2 Å². The first-order valence-electron chi connectivity index (χ1n) is 13.0. The van der Waals surface area contributed by atoms with Crippen molar-refractivity contribution < 1.29 is 19.1 Å². The van der Waals surface area contributed by atoms with Crippen LogP contribution in [0.3, 0.4) is 0 Å². The van der Waals surface area contributed by atoms with Gasteiger partial charge in [-0.05, 0) is 45.9 Å². The van der Waals surface area contributed by atoms with Crippen LogP contribution in [-0.4, -0.2) is 75.4 Å². The highest BCUT2D eigenvalue weighted by Gasteiger charge is 2.28. The molecule has 1 N–H and O–H groups in total. The minimum atomic E-state index is -0.529. The number of carbonyl (C=O) groups excluding carboxylic acids is 2. The Morgan fingerprint density at radius 1 is 0.974 bits per heavy atom. The summed E-state index contributed by atoms with van der Waals surface area (Å²) in [5.41, 5.74) is 3.78. The average Bonchev–Trinajstić information content (AvgIpc) is 3.44. The predicted molar refractivity (Wildman–Crippen MR) is 151 cm³/mol. The molecular formula is C28H35N7O4. The van der Waals surface area contributed by atoms with Crippen LogP contribution in [0.5, 0.6) is 5.75 Å². The van der Waals surface area contributed by atoms with Crippen LogP contribution in [-0.2, 0) is 18.8 Å². The van der Waals surface area contributed by atoms with E-state index in [0.717, 1.165) is 27.5 Å². The minimum Gasteiger partial charge on any atom is -0.494 e. The number of carbonyl (C=O) groups is 2. The number of nitrogens with zero attached hydrogens (tertiary/aromatic N) is 6. The van der Waals surface area contributed by atoms with Gasteiger partial charge in [-0.15, -0.1) is 0 Å². The smallest absolute Gasteiger partial charge is 0.410 e. The quantitative estimate of drug-likeness (QED) is 0.421. The van der Waals surface area contributed by atoms with E-state index in [2.05, 4.69) is 20.4 Å². The summed E-state index contributed by atoms with van der Waals surface area (Å²) >= 11 is 0. The molecule has 0 spiro atoms. The van der Waals surface area contributed by atoms with Crippen LogP contribution in [0.1, 0.15) is 36.7 Å². The molecule has 2 amide bonds. The van der Waals surface area contributed by atoms with Gasteiger partial charge in [0.15, 0.2) is 0 Å². The molecule has 3 heterocycles. The molecule has 39 heavy (non-hydrogen) atoms. The number of aryl methyl sites for hydroxylation is 3. The first-order valence-corrected chi connectivity index (χ1v) is 13.0. The van der Waals surface area contributed by atoms with Gasteiger partial charge in [-0.25, -0.2) is 4.79 Å². The molecule has 11 heteroatoms. The van der Waals surface area contributed by atoms with Crippen LogP contribution in [0.4, 0.5) is 16.2 Å². The number of amides is 2. The fourth-order valence-electron chi connectivity index (χ4n) is 5.10. The number of methoxy groups -OCH3 is 1. The molecule has 0 atom stereocenters. The van der Waals surface area contributed by atoms with Crippen LogP contribution in [0.15, 0.2) is 30.6 Å². The number of fused-ring (bicyclic) bond motifs is 2. The maximum atomic E-state index is 13.6. The van der Waals surface area contributed by atoms with Crippen LogP contribution in [0.2, 0.25) is 0 Å². The number of benzene rings is 2. The Labute approximate surface area is 227 Å². The minimum absolute atomic E-state index is 0.277. The van der Waals surface area contributed by atoms with E-state index < -0.39 is 5.60 Å². The molecule has 5 rings (SSSR count). The first-order chi connectivity index (χ1) is 18.4. The Morgan fingerprint density at radius 2 is 1.64 bits per heavy atom. The van der Waals surface area contributed by atoms with Crippen molar-refractivity contribution in [2.24, 2.45) is 14.1 Å². The van der Waals surface area contributed by atoms with Crippen molar-refractivity contribution in [3.8, 4) is 5.75 Å². The van der Waals surface area contributed by atoms with Crippen molar-refractivity contribution in [3.05, 3.63) is 41.7 Å². The van der Waals surface area contributed by atoms with Crippen LogP contribution in [0.25, 0.3) is 21.8 Å².